The molecular weight excluding hydrogens is 376 g/mol. The van der Waals surface area contributed by atoms with Crippen LogP contribution in [0.5, 0.6) is 0 Å². The highest BCUT2D eigenvalue weighted by Crippen LogP contribution is 2.45. The highest BCUT2D eigenvalue weighted by atomic mass is 32.1. The molecule has 8 heteroatoms. The summed E-state index contributed by atoms with van der Waals surface area (Å²) >= 11 is 1.38. The largest absolute Gasteiger partial charge is 0.325 e. The molecule has 1 aromatic rings. The third-order valence-electron chi connectivity index (χ3n) is 6.68. The summed E-state index contributed by atoms with van der Waals surface area (Å²) in [4.78, 5) is 44.2. The monoisotopic (exact) mass is 406 g/mol. The summed E-state index contributed by atoms with van der Waals surface area (Å²) in [5, 5.41) is 6.07. The number of amides is 4. The Morgan fingerprint density at radius 3 is 2.50 bits per heavy atom. The lowest BCUT2D eigenvalue weighted by molar-refractivity contribution is -0.135. The Balaban J connectivity index is 1.63. The van der Waals surface area contributed by atoms with Crippen molar-refractivity contribution in [1.82, 2.24) is 15.2 Å². The number of hydrogen-bond acceptors (Lipinski definition) is 5. The summed E-state index contributed by atoms with van der Waals surface area (Å²) in [5.74, 6) is -0.136. The standard InChI is InChI=1S/C20H30N4O3S/c1-6-19(4,5)14-7-9-20(10-8-14)16(26)24(18(27)23-20)11-15(25)22-17-21-12(2)13(3)28-17/h14H,6-11H2,1-5H3,(H,23,27)(H,21,22,25). The Bertz CT molecular complexity index is 774. The molecule has 0 atom stereocenters. The van der Waals surface area contributed by atoms with E-state index in [4.69, 9.17) is 0 Å². The maximum atomic E-state index is 13.0. The van der Waals surface area contributed by atoms with Gasteiger partial charge in [-0.25, -0.2) is 9.78 Å². The van der Waals surface area contributed by atoms with Crippen molar-refractivity contribution in [1.29, 1.82) is 0 Å². The lowest BCUT2D eigenvalue weighted by Gasteiger charge is -2.42. The lowest BCUT2D eigenvalue weighted by atomic mass is 9.65. The van der Waals surface area contributed by atoms with Crippen LogP contribution in [0.15, 0.2) is 0 Å². The number of aryl methyl sites for hydroxylation is 2. The minimum absolute atomic E-state index is 0.233. The van der Waals surface area contributed by atoms with Gasteiger partial charge in [-0.1, -0.05) is 27.2 Å². The zero-order valence-corrected chi connectivity index (χ0v) is 18.2. The van der Waals surface area contributed by atoms with Crippen molar-refractivity contribution in [3.63, 3.8) is 0 Å². The van der Waals surface area contributed by atoms with Gasteiger partial charge in [0.2, 0.25) is 5.91 Å². The van der Waals surface area contributed by atoms with Crippen LogP contribution in [0.25, 0.3) is 0 Å². The Labute approximate surface area is 170 Å². The third kappa shape index (κ3) is 3.79. The number of nitrogens with zero attached hydrogens (tertiary/aromatic N) is 2. The van der Waals surface area contributed by atoms with Gasteiger partial charge in [-0.2, -0.15) is 0 Å². The molecule has 2 fully saturated rings. The molecule has 1 saturated heterocycles. The zero-order valence-electron chi connectivity index (χ0n) is 17.3. The third-order valence-corrected chi connectivity index (χ3v) is 7.67. The van der Waals surface area contributed by atoms with Crippen molar-refractivity contribution in [2.75, 3.05) is 11.9 Å². The molecule has 154 valence electrons. The van der Waals surface area contributed by atoms with E-state index in [9.17, 15) is 14.4 Å². The van der Waals surface area contributed by atoms with Gasteiger partial charge in [-0.3, -0.25) is 14.5 Å². The topological polar surface area (TPSA) is 91.4 Å². The molecule has 2 aliphatic rings. The second-order valence-corrected chi connectivity index (χ2v) is 9.93. The predicted octanol–water partition coefficient (Wildman–Crippen LogP) is 3.62. The number of anilines is 1. The summed E-state index contributed by atoms with van der Waals surface area (Å²) < 4.78 is 0. The molecule has 0 radical (unpaired) electrons. The molecule has 2 N–H and O–H groups in total. The van der Waals surface area contributed by atoms with Crippen molar-refractivity contribution >= 4 is 34.3 Å². The van der Waals surface area contributed by atoms with Gasteiger partial charge in [0.05, 0.1) is 5.69 Å². The van der Waals surface area contributed by atoms with Crippen molar-refractivity contribution in [3.05, 3.63) is 10.6 Å². The van der Waals surface area contributed by atoms with E-state index in [1.807, 2.05) is 13.8 Å². The number of carbonyl (C=O) groups is 3. The number of hydrogen-bond donors (Lipinski definition) is 2. The highest BCUT2D eigenvalue weighted by molar-refractivity contribution is 7.15. The molecule has 0 unspecified atom stereocenters. The van der Waals surface area contributed by atoms with E-state index in [-0.39, 0.29) is 17.9 Å². The van der Waals surface area contributed by atoms with Gasteiger partial charge in [-0.05, 0) is 50.9 Å². The normalized spacial score (nSPS) is 25.3. The van der Waals surface area contributed by atoms with Crippen LogP contribution in [0.3, 0.4) is 0 Å². The van der Waals surface area contributed by atoms with Crippen LogP contribution in [0.2, 0.25) is 0 Å². The molecule has 1 spiro atoms. The molecule has 3 rings (SSSR count). The highest BCUT2D eigenvalue weighted by Gasteiger charge is 2.53. The lowest BCUT2D eigenvalue weighted by Crippen LogP contribution is -2.51. The van der Waals surface area contributed by atoms with Crippen molar-refractivity contribution in [2.45, 2.75) is 72.3 Å². The first-order valence-electron chi connectivity index (χ1n) is 9.96. The van der Waals surface area contributed by atoms with E-state index < -0.39 is 17.5 Å². The van der Waals surface area contributed by atoms with Crippen LogP contribution in [0, 0.1) is 25.2 Å². The predicted molar refractivity (Wildman–Crippen MR) is 109 cm³/mol. The van der Waals surface area contributed by atoms with Gasteiger partial charge in [0.15, 0.2) is 5.13 Å². The molecule has 4 amide bonds. The Morgan fingerprint density at radius 1 is 1.32 bits per heavy atom. The summed E-state index contributed by atoms with van der Waals surface area (Å²) in [6.07, 6.45) is 4.17. The molecule has 1 aliphatic carbocycles. The first kappa shape index (κ1) is 20.8. The van der Waals surface area contributed by atoms with Crippen LogP contribution < -0.4 is 10.6 Å². The maximum Gasteiger partial charge on any atom is 0.325 e. The molecular formula is C20H30N4O3S. The van der Waals surface area contributed by atoms with E-state index in [2.05, 4.69) is 36.4 Å². The van der Waals surface area contributed by atoms with Crippen molar-refractivity contribution < 1.29 is 14.4 Å². The average molecular weight is 407 g/mol. The van der Waals surface area contributed by atoms with Gasteiger partial charge < -0.3 is 10.6 Å². The number of thiazole rings is 1. The number of urea groups is 1. The summed E-state index contributed by atoms with van der Waals surface area (Å²) in [7, 11) is 0. The fraction of sp³-hybridized carbons (Fsp3) is 0.700. The first-order valence-corrected chi connectivity index (χ1v) is 10.8. The van der Waals surface area contributed by atoms with Gasteiger partial charge in [-0.15, -0.1) is 11.3 Å². The summed E-state index contributed by atoms with van der Waals surface area (Å²) in [6, 6.07) is -0.472. The van der Waals surface area contributed by atoms with Crippen LogP contribution >= 0.6 is 11.3 Å². The fourth-order valence-corrected chi connectivity index (χ4v) is 5.00. The summed E-state index contributed by atoms with van der Waals surface area (Å²) in [5.41, 5.74) is 0.254. The van der Waals surface area contributed by atoms with E-state index in [1.165, 1.54) is 11.3 Å². The molecule has 2 heterocycles. The van der Waals surface area contributed by atoms with Crippen LogP contribution in [-0.2, 0) is 9.59 Å². The maximum absolute atomic E-state index is 13.0. The van der Waals surface area contributed by atoms with Crippen LogP contribution in [-0.4, -0.2) is 39.8 Å². The molecule has 0 aromatic carbocycles. The fourth-order valence-electron chi connectivity index (χ4n) is 4.17. The number of nitrogens with one attached hydrogen (secondary N) is 2. The number of imide groups is 1. The Hall–Kier alpha value is -1.96. The van der Waals surface area contributed by atoms with Crippen molar-refractivity contribution in [2.24, 2.45) is 11.3 Å². The average Bonchev–Trinajstić information content (AvgIpc) is 3.06. The quantitative estimate of drug-likeness (QED) is 0.731. The second kappa shape index (κ2) is 7.46. The van der Waals surface area contributed by atoms with Gasteiger partial charge >= 0.3 is 6.03 Å². The van der Waals surface area contributed by atoms with Gasteiger partial charge in [0.25, 0.3) is 5.91 Å². The van der Waals surface area contributed by atoms with E-state index >= 15 is 0 Å². The number of aromatic nitrogens is 1. The van der Waals surface area contributed by atoms with E-state index in [1.54, 1.807) is 0 Å². The summed E-state index contributed by atoms with van der Waals surface area (Å²) in [6.45, 7) is 10.2. The van der Waals surface area contributed by atoms with Gasteiger partial charge in [0.1, 0.15) is 12.1 Å². The number of rotatable bonds is 5. The first-order chi connectivity index (χ1) is 13.1. The molecule has 0 bridgehead atoms. The molecule has 1 aromatic heterocycles. The Morgan fingerprint density at radius 2 is 1.96 bits per heavy atom. The van der Waals surface area contributed by atoms with Crippen LogP contribution in [0.1, 0.15) is 63.4 Å². The smallest absolute Gasteiger partial charge is 0.323 e. The molecule has 1 aliphatic heterocycles. The molecule has 1 saturated carbocycles. The SMILES string of the molecule is CCC(C)(C)C1CCC2(CC1)NC(=O)N(CC(=O)Nc1nc(C)c(C)s1)C2=O. The second-order valence-electron chi connectivity index (χ2n) is 8.73. The number of carbonyl (C=O) groups excluding carboxylic acids is 3. The van der Waals surface area contributed by atoms with E-state index in [0.717, 1.165) is 34.7 Å². The molecule has 28 heavy (non-hydrogen) atoms. The minimum atomic E-state index is -0.841. The van der Waals surface area contributed by atoms with Crippen molar-refractivity contribution in [3.8, 4) is 0 Å². The Kier molecular flexibility index (Phi) is 5.53. The molecule has 7 nitrogen and oxygen atoms in total. The zero-order chi connectivity index (χ0) is 20.7. The van der Waals surface area contributed by atoms with Crippen LogP contribution in [0.4, 0.5) is 9.93 Å². The minimum Gasteiger partial charge on any atom is -0.323 e. The van der Waals surface area contributed by atoms with Gasteiger partial charge in [0, 0.05) is 4.88 Å². The van der Waals surface area contributed by atoms with E-state index in [0.29, 0.717) is 23.9 Å².